The normalized spacial score (nSPS) is 18.1. The van der Waals surface area contributed by atoms with Crippen LogP contribution in [-0.2, 0) is 5.60 Å². The van der Waals surface area contributed by atoms with E-state index in [2.05, 4.69) is 10.4 Å². The van der Waals surface area contributed by atoms with E-state index in [9.17, 15) is 5.11 Å². The fourth-order valence-corrected chi connectivity index (χ4v) is 1.91. The van der Waals surface area contributed by atoms with Crippen molar-refractivity contribution in [2.45, 2.75) is 5.60 Å². The third-order valence-corrected chi connectivity index (χ3v) is 3.01. The lowest BCUT2D eigenvalue weighted by Crippen LogP contribution is -2.56. The van der Waals surface area contributed by atoms with Gasteiger partial charge in [-0.3, -0.25) is 0 Å². The lowest BCUT2D eigenvalue weighted by Gasteiger charge is -2.38. The van der Waals surface area contributed by atoms with Gasteiger partial charge in [-0.1, -0.05) is 12.1 Å². The van der Waals surface area contributed by atoms with Crippen LogP contribution in [0.4, 0.5) is 0 Å². The molecule has 0 atom stereocenters. The molecule has 1 saturated heterocycles. The zero-order valence-corrected chi connectivity index (χ0v) is 8.80. The summed E-state index contributed by atoms with van der Waals surface area (Å²) in [5, 5.41) is 17.3. The Bertz CT molecular complexity index is 471. The van der Waals surface area contributed by atoms with Gasteiger partial charge in [-0.25, -0.2) is 4.68 Å². The van der Waals surface area contributed by atoms with Crippen molar-refractivity contribution in [2.24, 2.45) is 0 Å². The minimum Gasteiger partial charge on any atom is -0.382 e. The van der Waals surface area contributed by atoms with Crippen LogP contribution in [0, 0.1) is 0 Å². The van der Waals surface area contributed by atoms with Crippen molar-refractivity contribution < 1.29 is 5.11 Å². The van der Waals surface area contributed by atoms with Gasteiger partial charge >= 0.3 is 0 Å². The molecule has 0 bridgehead atoms. The molecule has 1 aliphatic rings. The molecule has 16 heavy (non-hydrogen) atoms. The molecule has 2 heterocycles. The molecule has 0 aliphatic carbocycles. The average Bonchev–Trinajstić information content (AvgIpc) is 2.80. The van der Waals surface area contributed by atoms with Crippen LogP contribution in [0.2, 0.25) is 0 Å². The Morgan fingerprint density at radius 1 is 1.25 bits per heavy atom. The smallest absolute Gasteiger partial charge is 0.114 e. The number of aromatic nitrogens is 2. The molecular formula is C12H13N3O. The summed E-state index contributed by atoms with van der Waals surface area (Å²) < 4.78 is 1.80. The fourth-order valence-electron chi connectivity index (χ4n) is 1.91. The molecule has 2 aromatic rings. The number of aliphatic hydroxyl groups is 1. The van der Waals surface area contributed by atoms with E-state index < -0.39 is 5.60 Å². The Morgan fingerprint density at radius 3 is 2.50 bits per heavy atom. The van der Waals surface area contributed by atoms with Gasteiger partial charge < -0.3 is 10.4 Å². The second-order valence-corrected chi connectivity index (χ2v) is 4.13. The summed E-state index contributed by atoms with van der Waals surface area (Å²) in [6, 6.07) is 9.74. The van der Waals surface area contributed by atoms with Crippen molar-refractivity contribution in [3.8, 4) is 5.69 Å². The van der Waals surface area contributed by atoms with Gasteiger partial charge in [0, 0.05) is 25.5 Å². The third-order valence-electron chi connectivity index (χ3n) is 3.01. The molecule has 1 aromatic carbocycles. The Balaban J connectivity index is 1.91. The maximum atomic E-state index is 10.1. The number of nitrogens with zero attached hydrogens (tertiary/aromatic N) is 2. The van der Waals surface area contributed by atoms with Crippen molar-refractivity contribution in [3.63, 3.8) is 0 Å². The monoisotopic (exact) mass is 215 g/mol. The lowest BCUT2D eigenvalue weighted by atomic mass is 9.88. The molecule has 1 aromatic heterocycles. The summed E-state index contributed by atoms with van der Waals surface area (Å²) in [4.78, 5) is 0. The molecule has 2 N–H and O–H groups in total. The number of hydrogen-bond donors (Lipinski definition) is 2. The zero-order chi connectivity index (χ0) is 11.0. The van der Waals surface area contributed by atoms with Crippen molar-refractivity contribution in [1.82, 2.24) is 15.1 Å². The van der Waals surface area contributed by atoms with Crippen LogP contribution in [0.25, 0.3) is 5.69 Å². The van der Waals surface area contributed by atoms with Gasteiger partial charge in [-0.2, -0.15) is 5.10 Å². The number of nitrogens with one attached hydrogen (secondary N) is 1. The summed E-state index contributed by atoms with van der Waals surface area (Å²) in [6.45, 7) is 1.27. The highest BCUT2D eigenvalue weighted by atomic mass is 16.3. The van der Waals surface area contributed by atoms with Crippen molar-refractivity contribution in [1.29, 1.82) is 0 Å². The van der Waals surface area contributed by atoms with Gasteiger partial charge in [0.15, 0.2) is 0 Å². The summed E-state index contributed by atoms with van der Waals surface area (Å²) in [5.41, 5.74) is 1.29. The first-order valence-corrected chi connectivity index (χ1v) is 5.32. The highest BCUT2D eigenvalue weighted by Gasteiger charge is 2.35. The van der Waals surface area contributed by atoms with E-state index in [0.717, 1.165) is 11.3 Å². The Morgan fingerprint density at radius 2 is 2.00 bits per heavy atom. The Labute approximate surface area is 93.5 Å². The number of β-amino-alcohol motifs (C(OH)–C–C–N with tert-alkyl or cyclic N) is 1. The number of hydrogen-bond acceptors (Lipinski definition) is 3. The first kappa shape index (κ1) is 9.57. The number of benzene rings is 1. The molecule has 0 amide bonds. The van der Waals surface area contributed by atoms with Gasteiger partial charge in [-0.15, -0.1) is 0 Å². The summed E-state index contributed by atoms with van der Waals surface area (Å²) >= 11 is 0. The van der Waals surface area contributed by atoms with Crippen LogP contribution < -0.4 is 5.32 Å². The van der Waals surface area contributed by atoms with Crippen LogP contribution in [-0.4, -0.2) is 28.0 Å². The first-order valence-electron chi connectivity index (χ1n) is 5.32. The van der Waals surface area contributed by atoms with Crippen molar-refractivity contribution >= 4 is 0 Å². The van der Waals surface area contributed by atoms with Crippen LogP contribution in [0.5, 0.6) is 0 Å². The van der Waals surface area contributed by atoms with Crippen LogP contribution in [0.1, 0.15) is 5.56 Å². The van der Waals surface area contributed by atoms with Gasteiger partial charge in [0.1, 0.15) is 5.60 Å². The van der Waals surface area contributed by atoms with E-state index in [1.54, 1.807) is 10.9 Å². The minimum absolute atomic E-state index is 0.633. The Hall–Kier alpha value is -1.65. The van der Waals surface area contributed by atoms with E-state index in [0.29, 0.717) is 13.1 Å². The molecule has 4 nitrogen and oxygen atoms in total. The second kappa shape index (κ2) is 3.43. The first-order chi connectivity index (χ1) is 7.78. The topological polar surface area (TPSA) is 50.1 Å². The maximum Gasteiger partial charge on any atom is 0.114 e. The lowest BCUT2D eigenvalue weighted by molar-refractivity contribution is -0.0146. The molecule has 0 radical (unpaired) electrons. The van der Waals surface area contributed by atoms with Crippen LogP contribution in [0.15, 0.2) is 42.7 Å². The summed E-state index contributed by atoms with van der Waals surface area (Å²) in [6.07, 6.45) is 3.64. The van der Waals surface area contributed by atoms with E-state index in [1.165, 1.54) is 0 Å². The summed E-state index contributed by atoms with van der Waals surface area (Å²) in [7, 11) is 0. The number of rotatable bonds is 2. The van der Waals surface area contributed by atoms with Crippen molar-refractivity contribution in [3.05, 3.63) is 48.3 Å². The van der Waals surface area contributed by atoms with Crippen LogP contribution >= 0.6 is 0 Å². The van der Waals surface area contributed by atoms with E-state index in [-0.39, 0.29) is 0 Å². The minimum atomic E-state index is -0.678. The van der Waals surface area contributed by atoms with Crippen LogP contribution in [0.3, 0.4) is 0 Å². The quantitative estimate of drug-likeness (QED) is 0.774. The van der Waals surface area contributed by atoms with E-state index in [1.807, 2.05) is 36.5 Å². The fraction of sp³-hybridized carbons (Fsp3) is 0.250. The molecule has 82 valence electrons. The predicted molar refractivity (Wildman–Crippen MR) is 60.3 cm³/mol. The maximum absolute atomic E-state index is 10.1. The van der Waals surface area contributed by atoms with E-state index >= 15 is 0 Å². The highest BCUT2D eigenvalue weighted by Crippen LogP contribution is 2.25. The molecule has 0 unspecified atom stereocenters. The standard InChI is InChI=1S/C12H13N3O/c16-12(8-13-9-12)10-2-4-11(5-3-10)15-7-1-6-14-15/h1-7,13,16H,8-9H2. The molecule has 1 aliphatic heterocycles. The van der Waals surface area contributed by atoms with Gasteiger partial charge in [0.2, 0.25) is 0 Å². The molecule has 1 fully saturated rings. The van der Waals surface area contributed by atoms with Gasteiger partial charge in [-0.05, 0) is 23.8 Å². The molecule has 4 heteroatoms. The highest BCUT2D eigenvalue weighted by molar-refractivity contribution is 5.37. The summed E-state index contributed by atoms with van der Waals surface area (Å²) in [5.74, 6) is 0. The van der Waals surface area contributed by atoms with Crippen molar-refractivity contribution in [2.75, 3.05) is 13.1 Å². The molecule has 3 rings (SSSR count). The third kappa shape index (κ3) is 1.43. The predicted octanol–water partition coefficient (Wildman–Crippen LogP) is 0.663. The van der Waals surface area contributed by atoms with Gasteiger partial charge in [0.05, 0.1) is 5.69 Å². The second-order valence-electron chi connectivity index (χ2n) is 4.13. The molecular weight excluding hydrogens is 202 g/mol. The largest absolute Gasteiger partial charge is 0.382 e. The zero-order valence-electron chi connectivity index (χ0n) is 8.80. The van der Waals surface area contributed by atoms with Gasteiger partial charge in [0.25, 0.3) is 0 Å². The average molecular weight is 215 g/mol. The van der Waals surface area contributed by atoms with E-state index in [4.69, 9.17) is 0 Å². The Kier molecular flexibility index (Phi) is 2.05. The SMILES string of the molecule is OC1(c2ccc(-n3cccn3)cc2)CNC1. The molecule has 0 saturated carbocycles. The molecule has 0 spiro atoms.